The zero-order chi connectivity index (χ0) is 13.9. The largest absolute Gasteiger partial charge is 0.487 e. The Balaban J connectivity index is 2.00. The summed E-state index contributed by atoms with van der Waals surface area (Å²) in [5.41, 5.74) is 2.34. The topological polar surface area (TPSA) is 39.4 Å². The Morgan fingerprint density at radius 3 is 3.00 bits per heavy atom. The lowest BCUT2D eigenvalue weighted by Crippen LogP contribution is -2.33. The van der Waals surface area contributed by atoms with Crippen molar-refractivity contribution < 1.29 is 9.15 Å². The van der Waals surface area contributed by atoms with Crippen LogP contribution in [-0.2, 0) is 0 Å². The SMILES string of the molecule is Cc1ccc2oc(=O)c3c(c2c1)OC1C(I)CCCC31. The van der Waals surface area contributed by atoms with Gasteiger partial charge in [0.2, 0.25) is 0 Å². The van der Waals surface area contributed by atoms with Crippen molar-refractivity contribution >= 4 is 33.6 Å². The lowest BCUT2D eigenvalue weighted by molar-refractivity contribution is 0.178. The summed E-state index contributed by atoms with van der Waals surface area (Å²) in [6.07, 6.45) is 3.48. The second-order valence-electron chi connectivity index (χ2n) is 5.77. The number of rotatable bonds is 0. The smallest absolute Gasteiger partial charge is 0.343 e. The third kappa shape index (κ3) is 1.73. The molecular formula is C16H15IO3. The number of ether oxygens (including phenoxy) is 1. The Morgan fingerprint density at radius 2 is 2.15 bits per heavy atom. The van der Waals surface area contributed by atoms with E-state index >= 15 is 0 Å². The number of fused-ring (bicyclic) bond motifs is 5. The van der Waals surface area contributed by atoms with E-state index in [0.717, 1.165) is 41.5 Å². The summed E-state index contributed by atoms with van der Waals surface area (Å²) < 4.78 is 12.2. The molecule has 1 aromatic carbocycles. The number of hydrogen-bond donors (Lipinski definition) is 0. The third-order valence-corrected chi connectivity index (χ3v) is 5.75. The van der Waals surface area contributed by atoms with Gasteiger partial charge in [-0.2, -0.15) is 0 Å². The fourth-order valence-corrected chi connectivity index (χ4v) is 4.55. The molecular weight excluding hydrogens is 367 g/mol. The molecule has 104 valence electrons. The molecule has 2 heterocycles. The molecule has 4 heteroatoms. The molecule has 3 unspecified atom stereocenters. The van der Waals surface area contributed by atoms with Crippen molar-refractivity contribution in [3.8, 4) is 5.75 Å². The highest BCUT2D eigenvalue weighted by atomic mass is 127. The maximum Gasteiger partial charge on any atom is 0.343 e. The predicted octanol–water partition coefficient (Wildman–Crippen LogP) is 3.93. The van der Waals surface area contributed by atoms with Gasteiger partial charge >= 0.3 is 5.63 Å². The number of hydrogen-bond acceptors (Lipinski definition) is 3. The van der Waals surface area contributed by atoms with E-state index in [9.17, 15) is 4.79 Å². The van der Waals surface area contributed by atoms with Crippen LogP contribution in [0.3, 0.4) is 0 Å². The number of benzene rings is 1. The van der Waals surface area contributed by atoms with Crippen molar-refractivity contribution in [3.05, 3.63) is 39.7 Å². The Hall–Kier alpha value is -1.04. The molecule has 3 nitrogen and oxygen atoms in total. The van der Waals surface area contributed by atoms with E-state index in [4.69, 9.17) is 9.15 Å². The van der Waals surface area contributed by atoms with Gasteiger partial charge in [-0.1, -0.05) is 40.6 Å². The molecule has 1 fully saturated rings. The normalized spacial score (nSPS) is 28.0. The highest BCUT2D eigenvalue weighted by molar-refractivity contribution is 14.1. The first-order valence-electron chi connectivity index (χ1n) is 7.03. The minimum atomic E-state index is -0.214. The van der Waals surface area contributed by atoms with Crippen LogP contribution in [0.5, 0.6) is 5.75 Å². The first-order valence-corrected chi connectivity index (χ1v) is 8.28. The van der Waals surface area contributed by atoms with E-state index < -0.39 is 0 Å². The zero-order valence-corrected chi connectivity index (χ0v) is 13.3. The maximum atomic E-state index is 12.3. The van der Waals surface area contributed by atoms with Crippen LogP contribution in [-0.4, -0.2) is 10.0 Å². The first kappa shape index (κ1) is 12.7. The highest BCUT2D eigenvalue weighted by Gasteiger charge is 2.44. The minimum Gasteiger partial charge on any atom is -0.487 e. The molecule has 2 aromatic rings. The fraction of sp³-hybridized carbons (Fsp3) is 0.438. The van der Waals surface area contributed by atoms with Crippen LogP contribution in [0.1, 0.15) is 36.3 Å². The fourth-order valence-electron chi connectivity index (χ4n) is 3.46. The Bertz CT molecular complexity index is 749. The molecule has 20 heavy (non-hydrogen) atoms. The van der Waals surface area contributed by atoms with Crippen LogP contribution in [0.2, 0.25) is 0 Å². The molecule has 4 rings (SSSR count). The Kier molecular flexibility index (Phi) is 2.84. The standard InChI is InChI=1S/C16H15IO3/c1-8-5-6-12-10(7-8)15-13(16(18)19-12)9-3-2-4-11(17)14(9)20-15/h5-7,9,11,14H,2-4H2,1H3. The van der Waals surface area contributed by atoms with Crippen molar-refractivity contribution in [2.75, 3.05) is 0 Å². The average molecular weight is 382 g/mol. The van der Waals surface area contributed by atoms with Gasteiger partial charge in [-0.25, -0.2) is 4.79 Å². The molecule has 1 aliphatic heterocycles. The van der Waals surface area contributed by atoms with Gasteiger partial charge in [-0.15, -0.1) is 0 Å². The van der Waals surface area contributed by atoms with Crippen molar-refractivity contribution in [1.29, 1.82) is 0 Å². The van der Waals surface area contributed by atoms with Crippen LogP contribution < -0.4 is 10.4 Å². The summed E-state index contributed by atoms with van der Waals surface area (Å²) in [5, 5.41) is 0.942. The van der Waals surface area contributed by atoms with Gasteiger partial charge in [0.25, 0.3) is 0 Å². The van der Waals surface area contributed by atoms with Gasteiger partial charge in [0.15, 0.2) is 0 Å². The zero-order valence-electron chi connectivity index (χ0n) is 11.2. The number of halogens is 1. The van der Waals surface area contributed by atoms with Gasteiger partial charge < -0.3 is 9.15 Å². The minimum absolute atomic E-state index is 0.133. The number of aryl methyl sites for hydroxylation is 1. The van der Waals surface area contributed by atoms with Crippen LogP contribution in [0, 0.1) is 6.92 Å². The van der Waals surface area contributed by atoms with E-state index in [1.807, 2.05) is 19.1 Å². The highest BCUT2D eigenvalue weighted by Crippen LogP contribution is 2.48. The molecule has 0 spiro atoms. The Labute approximate surface area is 130 Å². The summed E-state index contributed by atoms with van der Waals surface area (Å²) in [6, 6.07) is 5.87. The van der Waals surface area contributed by atoms with E-state index in [1.165, 1.54) is 0 Å². The molecule has 0 radical (unpaired) electrons. The average Bonchev–Trinajstić information content (AvgIpc) is 2.82. The van der Waals surface area contributed by atoms with Gasteiger partial charge in [0.05, 0.1) is 10.9 Å². The second kappa shape index (κ2) is 4.48. The molecule has 0 amide bonds. The van der Waals surface area contributed by atoms with Gasteiger partial charge in [-0.3, -0.25) is 0 Å². The molecule has 2 aliphatic rings. The molecule has 1 saturated carbocycles. The lowest BCUT2D eigenvalue weighted by atomic mass is 9.83. The van der Waals surface area contributed by atoms with Crippen LogP contribution in [0.25, 0.3) is 11.0 Å². The number of alkyl halides is 1. The van der Waals surface area contributed by atoms with E-state index in [1.54, 1.807) is 0 Å². The summed E-state index contributed by atoms with van der Waals surface area (Å²) in [6.45, 7) is 2.04. The third-order valence-electron chi connectivity index (χ3n) is 4.42. The quantitative estimate of drug-likeness (QED) is 0.394. The van der Waals surface area contributed by atoms with Crippen molar-refractivity contribution in [1.82, 2.24) is 0 Å². The first-order chi connectivity index (χ1) is 9.65. The second-order valence-corrected chi connectivity index (χ2v) is 7.37. The van der Waals surface area contributed by atoms with Crippen molar-refractivity contribution in [3.63, 3.8) is 0 Å². The van der Waals surface area contributed by atoms with Crippen molar-refractivity contribution in [2.24, 2.45) is 0 Å². The maximum absolute atomic E-state index is 12.3. The monoisotopic (exact) mass is 382 g/mol. The van der Waals surface area contributed by atoms with Crippen LogP contribution in [0.15, 0.2) is 27.4 Å². The molecule has 1 aromatic heterocycles. The Morgan fingerprint density at radius 1 is 1.30 bits per heavy atom. The van der Waals surface area contributed by atoms with Crippen molar-refractivity contribution in [2.45, 2.75) is 42.1 Å². The predicted molar refractivity (Wildman–Crippen MR) is 86.0 cm³/mol. The molecule has 1 aliphatic carbocycles. The summed E-state index contributed by atoms with van der Waals surface area (Å²) in [7, 11) is 0. The lowest BCUT2D eigenvalue weighted by Gasteiger charge is -2.28. The summed E-state index contributed by atoms with van der Waals surface area (Å²) >= 11 is 2.46. The van der Waals surface area contributed by atoms with Crippen LogP contribution in [0.4, 0.5) is 0 Å². The molecule has 0 bridgehead atoms. The molecule has 0 saturated heterocycles. The van der Waals surface area contributed by atoms with E-state index in [-0.39, 0.29) is 17.6 Å². The van der Waals surface area contributed by atoms with Gasteiger partial charge in [0.1, 0.15) is 17.4 Å². The molecule has 0 N–H and O–H groups in total. The van der Waals surface area contributed by atoms with E-state index in [2.05, 4.69) is 28.7 Å². The van der Waals surface area contributed by atoms with E-state index in [0.29, 0.717) is 9.51 Å². The van der Waals surface area contributed by atoms with Gasteiger partial charge in [0, 0.05) is 9.84 Å². The summed E-state index contributed by atoms with van der Waals surface area (Å²) in [5.74, 6) is 0.986. The van der Waals surface area contributed by atoms with Gasteiger partial charge in [-0.05, 0) is 31.9 Å². The van der Waals surface area contributed by atoms with Crippen LogP contribution >= 0.6 is 22.6 Å². The molecule has 3 atom stereocenters. The summed E-state index contributed by atoms with van der Waals surface area (Å²) in [4.78, 5) is 12.3.